The normalized spacial score (nSPS) is 31.1. The van der Waals surface area contributed by atoms with Crippen LogP contribution in [0.1, 0.15) is 44.1 Å². The summed E-state index contributed by atoms with van der Waals surface area (Å²) in [5.41, 5.74) is 1.45. The van der Waals surface area contributed by atoms with Crippen LogP contribution in [-0.2, 0) is 10.2 Å². The van der Waals surface area contributed by atoms with E-state index in [1.54, 1.807) is 0 Å². The van der Waals surface area contributed by atoms with E-state index in [2.05, 4.69) is 40.2 Å². The molecule has 2 bridgehead atoms. The molecule has 1 aromatic carbocycles. The molecular formula is C20H25BrN2O3. The number of benzene rings is 1. The maximum absolute atomic E-state index is 13.2. The van der Waals surface area contributed by atoms with Crippen molar-refractivity contribution in [2.45, 2.75) is 43.9 Å². The number of hydrogen-bond donors (Lipinski definition) is 1. The lowest BCUT2D eigenvalue weighted by Gasteiger charge is -2.54. The number of piperazine rings is 1. The van der Waals surface area contributed by atoms with Crippen LogP contribution in [0.4, 0.5) is 4.79 Å². The standard InChI is InChI=1S/C20H25BrN2O3/c21-16-3-1-15(2-4-16)19-5-8-20(9-6-19,10-7-19)17(24)22-11-13-23(14-12-22)18(25)26/h1-4H,5-14H2,(H,25,26). The molecule has 4 aliphatic rings. The highest BCUT2D eigenvalue weighted by Gasteiger charge is 2.54. The molecule has 1 aliphatic heterocycles. The zero-order valence-electron chi connectivity index (χ0n) is 14.9. The fourth-order valence-corrected chi connectivity index (χ4v) is 5.44. The fourth-order valence-electron chi connectivity index (χ4n) is 5.18. The van der Waals surface area contributed by atoms with Crippen molar-refractivity contribution in [1.29, 1.82) is 0 Å². The number of carbonyl (C=O) groups excluding carboxylic acids is 1. The Morgan fingerprint density at radius 1 is 0.846 bits per heavy atom. The number of rotatable bonds is 2. The minimum Gasteiger partial charge on any atom is -0.465 e. The Balaban J connectivity index is 1.44. The molecule has 1 heterocycles. The van der Waals surface area contributed by atoms with Crippen LogP contribution in [-0.4, -0.2) is 53.1 Å². The Morgan fingerprint density at radius 2 is 1.35 bits per heavy atom. The molecule has 4 fully saturated rings. The lowest BCUT2D eigenvalue weighted by Crippen LogP contribution is -2.57. The zero-order chi connectivity index (χ0) is 18.4. The van der Waals surface area contributed by atoms with Crippen LogP contribution in [0.15, 0.2) is 28.7 Å². The van der Waals surface area contributed by atoms with Gasteiger partial charge in [0, 0.05) is 36.1 Å². The number of carbonyl (C=O) groups is 2. The Bertz CT molecular complexity index is 686. The zero-order valence-corrected chi connectivity index (χ0v) is 16.5. The molecule has 0 aromatic heterocycles. The Morgan fingerprint density at radius 3 is 1.85 bits per heavy atom. The predicted octanol–water partition coefficient (Wildman–Crippen LogP) is 3.86. The molecule has 0 unspecified atom stereocenters. The Labute approximate surface area is 162 Å². The van der Waals surface area contributed by atoms with Gasteiger partial charge in [-0.25, -0.2) is 4.79 Å². The van der Waals surface area contributed by atoms with E-state index in [0.717, 1.165) is 43.0 Å². The third-order valence-electron chi connectivity index (χ3n) is 6.99. The van der Waals surface area contributed by atoms with E-state index in [1.807, 2.05) is 4.90 Å². The van der Waals surface area contributed by atoms with Crippen LogP contribution in [0.3, 0.4) is 0 Å². The van der Waals surface area contributed by atoms with Gasteiger partial charge in [-0.3, -0.25) is 4.79 Å². The monoisotopic (exact) mass is 420 g/mol. The summed E-state index contributed by atoms with van der Waals surface area (Å²) >= 11 is 3.51. The van der Waals surface area contributed by atoms with E-state index in [4.69, 9.17) is 5.11 Å². The molecule has 5 rings (SSSR count). The van der Waals surface area contributed by atoms with Crippen molar-refractivity contribution in [3.63, 3.8) is 0 Å². The first-order valence-corrected chi connectivity index (χ1v) is 10.3. The van der Waals surface area contributed by atoms with E-state index in [-0.39, 0.29) is 16.7 Å². The average molecular weight is 421 g/mol. The van der Waals surface area contributed by atoms with Crippen molar-refractivity contribution >= 4 is 27.9 Å². The lowest BCUT2D eigenvalue weighted by molar-refractivity contribution is -0.151. The number of nitrogens with zero attached hydrogens (tertiary/aromatic N) is 2. The topological polar surface area (TPSA) is 60.9 Å². The van der Waals surface area contributed by atoms with Gasteiger partial charge in [-0.1, -0.05) is 28.1 Å². The van der Waals surface area contributed by atoms with Crippen LogP contribution >= 0.6 is 15.9 Å². The van der Waals surface area contributed by atoms with Gasteiger partial charge in [0.2, 0.25) is 5.91 Å². The summed E-state index contributed by atoms with van der Waals surface area (Å²) < 4.78 is 1.11. The largest absolute Gasteiger partial charge is 0.465 e. The van der Waals surface area contributed by atoms with Gasteiger partial charge in [0.05, 0.1) is 0 Å². The molecule has 1 N–H and O–H groups in total. The molecule has 0 atom stereocenters. The van der Waals surface area contributed by atoms with Crippen LogP contribution < -0.4 is 0 Å². The van der Waals surface area contributed by atoms with Crippen LogP contribution in [0, 0.1) is 5.41 Å². The second kappa shape index (κ2) is 6.55. The van der Waals surface area contributed by atoms with E-state index >= 15 is 0 Å². The molecule has 26 heavy (non-hydrogen) atoms. The van der Waals surface area contributed by atoms with Gasteiger partial charge in [-0.05, 0) is 61.6 Å². The Hall–Kier alpha value is -1.56. The number of hydrogen-bond acceptors (Lipinski definition) is 2. The van der Waals surface area contributed by atoms with Gasteiger partial charge >= 0.3 is 6.09 Å². The van der Waals surface area contributed by atoms with E-state index < -0.39 is 6.09 Å². The lowest BCUT2D eigenvalue weighted by atomic mass is 9.51. The summed E-state index contributed by atoms with van der Waals surface area (Å²) in [7, 11) is 0. The predicted molar refractivity (Wildman–Crippen MR) is 102 cm³/mol. The summed E-state index contributed by atoms with van der Waals surface area (Å²) in [5.74, 6) is 0.270. The van der Waals surface area contributed by atoms with Crippen molar-refractivity contribution < 1.29 is 14.7 Å². The van der Waals surface area contributed by atoms with Crippen molar-refractivity contribution in [3.8, 4) is 0 Å². The van der Waals surface area contributed by atoms with Crippen molar-refractivity contribution in [1.82, 2.24) is 9.80 Å². The highest BCUT2D eigenvalue weighted by molar-refractivity contribution is 9.10. The summed E-state index contributed by atoms with van der Waals surface area (Å²) in [5, 5.41) is 9.09. The smallest absolute Gasteiger partial charge is 0.407 e. The third-order valence-corrected chi connectivity index (χ3v) is 7.52. The molecule has 0 spiro atoms. The van der Waals surface area contributed by atoms with Gasteiger partial charge in [0.1, 0.15) is 0 Å². The quantitative estimate of drug-likeness (QED) is 0.789. The molecule has 6 heteroatoms. The molecule has 1 saturated heterocycles. The van der Waals surface area contributed by atoms with Crippen LogP contribution in [0.5, 0.6) is 0 Å². The molecule has 140 valence electrons. The molecule has 3 saturated carbocycles. The molecule has 5 nitrogen and oxygen atoms in total. The average Bonchev–Trinajstić information content (AvgIpc) is 2.69. The second-order valence-corrected chi connectivity index (χ2v) is 9.05. The first-order valence-electron chi connectivity index (χ1n) is 9.48. The number of amides is 2. The molecular weight excluding hydrogens is 396 g/mol. The molecule has 1 aromatic rings. The fraction of sp³-hybridized carbons (Fsp3) is 0.600. The van der Waals surface area contributed by atoms with Crippen molar-refractivity contribution in [3.05, 3.63) is 34.3 Å². The molecule has 0 radical (unpaired) electrons. The highest BCUT2D eigenvalue weighted by atomic mass is 79.9. The van der Waals surface area contributed by atoms with E-state index in [9.17, 15) is 9.59 Å². The van der Waals surface area contributed by atoms with Crippen molar-refractivity contribution in [2.24, 2.45) is 5.41 Å². The number of halogens is 1. The summed E-state index contributed by atoms with van der Waals surface area (Å²) in [6.07, 6.45) is 5.23. The first kappa shape index (κ1) is 17.8. The number of carboxylic acid groups (broad SMARTS) is 1. The maximum atomic E-state index is 13.2. The minimum absolute atomic E-state index is 0.206. The molecule has 3 aliphatic carbocycles. The number of fused-ring (bicyclic) bond motifs is 3. The molecule has 2 amide bonds. The van der Waals surface area contributed by atoms with E-state index in [1.165, 1.54) is 10.5 Å². The van der Waals surface area contributed by atoms with Crippen LogP contribution in [0.2, 0.25) is 0 Å². The van der Waals surface area contributed by atoms with Crippen LogP contribution in [0.25, 0.3) is 0 Å². The van der Waals surface area contributed by atoms with Gasteiger partial charge in [-0.15, -0.1) is 0 Å². The van der Waals surface area contributed by atoms with E-state index in [0.29, 0.717) is 26.2 Å². The SMILES string of the molecule is O=C(O)N1CCN(C(=O)C23CCC(c4ccc(Br)cc4)(CC2)CC3)CC1. The van der Waals surface area contributed by atoms with Crippen molar-refractivity contribution in [2.75, 3.05) is 26.2 Å². The highest BCUT2D eigenvalue weighted by Crippen LogP contribution is 2.58. The van der Waals surface area contributed by atoms with Gasteiger partial charge < -0.3 is 14.9 Å². The summed E-state index contributed by atoms with van der Waals surface area (Å²) in [6, 6.07) is 8.70. The van der Waals surface area contributed by atoms with Gasteiger partial charge in [0.25, 0.3) is 0 Å². The second-order valence-electron chi connectivity index (χ2n) is 8.13. The summed E-state index contributed by atoms with van der Waals surface area (Å²) in [4.78, 5) is 27.6. The Kier molecular flexibility index (Phi) is 4.49. The summed E-state index contributed by atoms with van der Waals surface area (Å²) in [6.45, 7) is 1.93. The van der Waals surface area contributed by atoms with Gasteiger partial charge in [0.15, 0.2) is 0 Å². The first-order chi connectivity index (χ1) is 12.4. The minimum atomic E-state index is -0.884. The third kappa shape index (κ3) is 2.92. The van der Waals surface area contributed by atoms with Gasteiger partial charge in [-0.2, -0.15) is 0 Å². The maximum Gasteiger partial charge on any atom is 0.407 e.